The van der Waals surface area contributed by atoms with Gasteiger partial charge in [-0.2, -0.15) is 4.31 Å². The summed E-state index contributed by atoms with van der Waals surface area (Å²) in [5, 5.41) is 5.72. The van der Waals surface area contributed by atoms with Crippen molar-refractivity contribution in [1.82, 2.24) is 9.62 Å². The summed E-state index contributed by atoms with van der Waals surface area (Å²) >= 11 is 0. The highest BCUT2D eigenvalue weighted by atomic mass is 32.2. The van der Waals surface area contributed by atoms with Gasteiger partial charge in [0.15, 0.2) is 0 Å². The van der Waals surface area contributed by atoms with Crippen LogP contribution in [-0.4, -0.2) is 50.6 Å². The normalized spacial score (nSPS) is 22.7. The fourth-order valence-electron chi connectivity index (χ4n) is 3.49. The largest absolute Gasteiger partial charge is 0.376 e. The van der Waals surface area contributed by atoms with Crippen LogP contribution in [0.5, 0.6) is 0 Å². The van der Waals surface area contributed by atoms with E-state index in [0.29, 0.717) is 25.4 Å². The number of hydrogen-bond donors (Lipinski definition) is 2. The van der Waals surface area contributed by atoms with Crippen molar-refractivity contribution in [3.63, 3.8) is 0 Å². The van der Waals surface area contributed by atoms with Crippen molar-refractivity contribution >= 4 is 21.7 Å². The SMILES string of the molecule is CC1CN(S(=O)(=O)c2cccc(NC(=O)NC3CCCCC3)c2)CCO1. The average molecular weight is 381 g/mol. The molecule has 1 aliphatic heterocycles. The van der Waals surface area contributed by atoms with E-state index in [4.69, 9.17) is 4.74 Å². The highest BCUT2D eigenvalue weighted by molar-refractivity contribution is 7.89. The van der Waals surface area contributed by atoms with Gasteiger partial charge in [-0.15, -0.1) is 0 Å². The average Bonchev–Trinajstić information content (AvgIpc) is 2.62. The number of urea groups is 1. The maximum Gasteiger partial charge on any atom is 0.319 e. The molecule has 26 heavy (non-hydrogen) atoms. The zero-order valence-electron chi connectivity index (χ0n) is 15.1. The maximum atomic E-state index is 12.8. The lowest BCUT2D eigenvalue weighted by molar-refractivity contribution is 0.0102. The number of nitrogens with one attached hydrogen (secondary N) is 2. The number of hydrogen-bond acceptors (Lipinski definition) is 4. The van der Waals surface area contributed by atoms with Gasteiger partial charge in [-0.05, 0) is 38.0 Å². The predicted octanol–water partition coefficient (Wildman–Crippen LogP) is 2.55. The molecule has 1 aliphatic carbocycles. The Hall–Kier alpha value is -1.64. The first-order valence-electron chi connectivity index (χ1n) is 9.24. The van der Waals surface area contributed by atoms with E-state index in [1.54, 1.807) is 18.2 Å². The summed E-state index contributed by atoms with van der Waals surface area (Å²) in [6, 6.07) is 6.32. The topological polar surface area (TPSA) is 87.7 Å². The molecule has 8 heteroatoms. The molecular formula is C18H27N3O4S. The van der Waals surface area contributed by atoms with Gasteiger partial charge < -0.3 is 15.4 Å². The summed E-state index contributed by atoms with van der Waals surface area (Å²) < 4.78 is 32.5. The van der Waals surface area contributed by atoms with Crippen LogP contribution in [0, 0.1) is 0 Å². The first kappa shape index (κ1) is 19.1. The summed E-state index contributed by atoms with van der Waals surface area (Å²) in [4.78, 5) is 12.4. The molecule has 1 atom stereocenters. The minimum absolute atomic E-state index is 0.124. The lowest BCUT2D eigenvalue weighted by atomic mass is 9.96. The molecule has 144 valence electrons. The predicted molar refractivity (Wildman–Crippen MR) is 99.6 cm³/mol. The minimum Gasteiger partial charge on any atom is -0.376 e. The second kappa shape index (κ2) is 8.37. The zero-order chi connectivity index (χ0) is 18.6. The van der Waals surface area contributed by atoms with E-state index >= 15 is 0 Å². The molecule has 1 aromatic carbocycles. The van der Waals surface area contributed by atoms with Crippen molar-refractivity contribution in [2.45, 2.75) is 56.1 Å². The number of ether oxygens (including phenoxy) is 1. The van der Waals surface area contributed by atoms with E-state index in [1.165, 1.54) is 16.8 Å². The Morgan fingerprint density at radius 3 is 2.73 bits per heavy atom. The Kier molecular flexibility index (Phi) is 6.16. The molecular weight excluding hydrogens is 354 g/mol. The van der Waals surface area contributed by atoms with Crippen LogP contribution in [0.3, 0.4) is 0 Å². The third kappa shape index (κ3) is 4.75. The summed E-state index contributed by atoms with van der Waals surface area (Å²) in [6.07, 6.45) is 5.36. The van der Waals surface area contributed by atoms with Gasteiger partial charge in [0.25, 0.3) is 0 Å². The monoisotopic (exact) mass is 381 g/mol. The molecule has 0 aromatic heterocycles. The van der Waals surface area contributed by atoms with E-state index in [1.807, 2.05) is 6.92 Å². The molecule has 2 N–H and O–H groups in total. The summed E-state index contributed by atoms with van der Waals surface area (Å²) in [7, 11) is -3.60. The Bertz CT molecular complexity index is 732. The van der Waals surface area contributed by atoms with Gasteiger partial charge in [0.05, 0.1) is 17.6 Å². The third-order valence-electron chi connectivity index (χ3n) is 4.87. The van der Waals surface area contributed by atoms with Gasteiger partial charge in [-0.3, -0.25) is 0 Å². The third-order valence-corrected chi connectivity index (χ3v) is 6.74. The van der Waals surface area contributed by atoms with E-state index in [-0.39, 0.29) is 23.1 Å². The van der Waals surface area contributed by atoms with Crippen LogP contribution in [0.4, 0.5) is 10.5 Å². The second-order valence-electron chi connectivity index (χ2n) is 7.01. The quantitative estimate of drug-likeness (QED) is 0.839. The van der Waals surface area contributed by atoms with Crippen molar-refractivity contribution in [3.05, 3.63) is 24.3 Å². The van der Waals surface area contributed by atoms with E-state index < -0.39 is 10.0 Å². The number of carbonyl (C=O) groups excluding carboxylic acids is 1. The molecule has 2 fully saturated rings. The number of sulfonamides is 1. The van der Waals surface area contributed by atoms with Crippen LogP contribution in [-0.2, 0) is 14.8 Å². The van der Waals surface area contributed by atoms with Gasteiger partial charge in [0, 0.05) is 24.8 Å². The fraction of sp³-hybridized carbons (Fsp3) is 0.611. The number of carbonyl (C=O) groups is 1. The Balaban J connectivity index is 1.66. The van der Waals surface area contributed by atoms with E-state index in [9.17, 15) is 13.2 Å². The van der Waals surface area contributed by atoms with Gasteiger partial charge in [-0.1, -0.05) is 25.3 Å². The molecule has 2 aliphatic rings. The lowest BCUT2D eigenvalue weighted by Crippen LogP contribution is -2.44. The molecule has 1 unspecified atom stereocenters. The number of rotatable bonds is 4. The highest BCUT2D eigenvalue weighted by Gasteiger charge is 2.29. The van der Waals surface area contributed by atoms with Crippen molar-refractivity contribution in [3.8, 4) is 0 Å². The van der Waals surface area contributed by atoms with Crippen LogP contribution < -0.4 is 10.6 Å². The smallest absolute Gasteiger partial charge is 0.319 e. The van der Waals surface area contributed by atoms with Gasteiger partial charge in [-0.25, -0.2) is 13.2 Å². The van der Waals surface area contributed by atoms with Crippen molar-refractivity contribution in [1.29, 1.82) is 0 Å². The van der Waals surface area contributed by atoms with Crippen molar-refractivity contribution in [2.24, 2.45) is 0 Å². The second-order valence-corrected chi connectivity index (χ2v) is 8.94. The molecule has 1 saturated heterocycles. The molecule has 1 aromatic rings. The number of morpholine rings is 1. The summed E-state index contributed by atoms with van der Waals surface area (Å²) in [5.41, 5.74) is 0.473. The van der Waals surface area contributed by atoms with Crippen molar-refractivity contribution < 1.29 is 17.9 Å². The Labute approximate surface area is 155 Å². The Morgan fingerprint density at radius 2 is 2.00 bits per heavy atom. The van der Waals surface area contributed by atoms with Crippen LogP contribution >= 0.6 is 0 Å². The number of benzene rings is 1. The summed E-state index contributed by atoms with van der Waals surface area (Å²) in [6.45, 7) is 2.92. The lowest BCUT2D eigenvalue weighted by Gasteiger charge is -2.30. The highest BCUT2D eigenvalue weighted by Crippen LogP contribution is 2.22. The van der Waals surface area contributed by atoms with Crippen LogP contribution in [0.15, 0.2) is 29.2 Å². The van der Waals surface area contributed by atoms with Crippen LogP contribution in [0.2, 0.25) is 0 Å². The number of anilines is 1. The molecule has 1 heterocycles. The van der Waals surface area contributed by atoms with E-state index in [0.717, 1.165) is 25.7 Å². The first-order valence-corrected chi connectivity index (χ1v) is 10.7. The standard InChI is InChI=1S/C18H27N3O4S/c1-14-13-21(10-11-25-14)26(23,24)17-9-5-8-16(12-17)20-18(22)19-15-6-3-2-4-7-15/h5,8-9,12,14-15H,2-4,6-7,10-11,13H2,1H3,(H2,19,20,22). The van der Waals surface area contributed by atoms with E-state index in [2.05, 4.69) is 10.6 Å². The number of nitrogens with zero attached hydrogens (tertiary/aromatic N) is 1. The van der Waals surface area contributed by atoms with Crippen molar-refractivity contribution in [2.75, 3.05) is 25.0 Å². The zero-order valence-corrected chi connectivity index (χ0v) is 15.9. The Morgan fingerprint density at radius 1 is 1.23 bits per heavy atom. The molecule has 7 nitrogen and oxygen atoms in total. The van der Waals surface area contributed by atoms with Gasteiger partial charge in [0.1, 0.15) is 0 Å². The molecule has 3 rings (SSSR count). The van der Waals surface area contributed by atoms with Gasteiger partial charge in [0.2, 0.25) is 10.0 Å². The molecule has 0 bridgehead atoms. The molecule has 0 spiro atoms. The molecule has 1 saturated carbocycles. The number of amides is 2. The first-order chi connectivity index (χ1) is 12.4. The van der Waals surface area contributed by atoms with Crippen LogP contribution in [0.1, 0.15) is 39.0 Å². The summed E-state index contributed by atoms with van der Waals surface area (Å²) in [5.74, 6) is 0. The van der Waals surface area contributed by atoms with Gasteiger partial charge >= 0.3 is 6.03 Å². The minimum atomic E-state index is -3.60. The fourth-order valence-corrected chi connectivity index (χ4v) is 5.03. The molecule has 2 amide bonds. The van der Waals surface area contributed by atoms with Crippen LogP contribution in [0.25, 0.3) is 0 Å². The maximum absolute atomic E-state index is 12.8. The molecule has 0 radical (unpaired) electrons.